The molecular formula is C19H28Si2. The first kappa shape index (κ1) is 16.2. The highest BCUT2D eigenvalue weighted by Gasteiger charge is 2.11. The second kappa shape index (κ2) is 9.75. The molecule has 21 heavy (non-hydrogen) atoms. The van der Waals surface area contributed by atoms with Crippen LogP contribution in [0, 0.1) is 0 Å². The standard InChI is InChI=1S/C19H28Si2/c1-2-3-6-15-19(21-18-13-9-5-10-14-18)20-16-17-11-7-4-8-12-17/h4-5,7-14,19H,2-3,6,15-16,20-21H2,1H3. The summed E-state index contributed by atoms with van der Waals surface area (Å²) in [7, 11) is -0.0626. The Morgan fingerprint density at radius 2 is 1.52 bits per heavy atom. The molecule has 0 radical (unpaired) electrons. The highest BCUT2D eigenvalue weighted by atomic mass is 28.3. The Morgan fingerprint density at radius 1 is 0.857 bits per heavy atom. The van der Waals surface area contributed by atoms with Crippen LogP contribution in [-0.2, 0) is 6.04 Å². The Hall–Kier alpha value is -1.13. The van der Waals surface area contributed by atoms with E-state index in [1.54, 1.807) is 10.8 Å². The highest BCUT2D eigenvalue weighted by Crippen LogP contribution is 2.15. The molecule has 0 saturated heterocycles. The zero-order chi connectivity index (χ0) is 14.8. The topological polar surface area (TPSA) is 0 Å². The third-order valence-corrected chi connectivity index (χ3v) is 10.4. The van der Waals surface area contributed by atoms with E-state index >= 15 is 0 Å². The molecule has 2 aromatic carbocycles. The molecule has 1 atom stereocenters. The van der Waals surface area contributed by atoms with Crippen molar-refractivity contribution in [3.63, 3.8) is 0 Å². The molecule has 0 spiro atoms. The van der Waals surface area contributed by atoms with E-state index in [0.717, 1.165) is 5.16 Å². The zero-order valence-corrected chi connectivity index (χ0v) is 16.1. The van der Waals surface area contributed by atoms with Crippen LogP contribution >= 0.6 is 0 Å². The molecule has 1 unspecified atom stereocenters. The molecule has 0 aliphatic carbocycles. The molecule has 0 aromatic heterocycles. The van der Waals surface area contributed by atoms with Gasteiger partial charge in [0.1, 0.15) is 0 Å². The fraction of sp³-hybridized carbons (Fsp3) is 0.368. The molecule has 0 aliphatic rings. The summed E-state index contributed by atoms with van der Waals surface area (Å²) in [5.41, 5.74) is 1.56. The lowest BCUT2D eigenvalue weighted by atomic mass is 10.2. The van der Waals surface area contributed by atoms with Crippen molar-refractivity contribution in [2.24, 2.45) is 0 Å². The second-order valence-electron chi connectivity index (χ2n) is 6.08. The van der Waals surface area contributed by atoms with Crippen molar-refractivity contribution in [3.8, 4) is 0 Å². The molecule has 0 bridgehead atoms. The van der Waals surface area contributed by atoms with Crippen LogP contribution in [0.3, 0.4) is 0 Å². The fourth-order valence-electron chi connectivity index (χ4n) is 2.99. The van der Waals surface area contributed by atoms with Crippen molar-refractivity contribution in [1.29, 1.82) is 0 Å². The van der Waals surface area contributed by atoms with Gasteiger partial charge >= 0.3 is 0 Å². The van der Waals surface area contributed by atoms with Gasteiger partial charge < -0.3 is 0 Å². The van der Waals surface area contributed by atoms with Crippen molar-refractivity contribution in [2.75, 3.05) is 0 Å². The van der Waals surface area contributed by atoms with E-state index in [-0.39, 0.29) is 19.0 Å². The lowest BCUT2D eigenvalue weighted by Gasteiger charge is -2.16. The van der Waals surface area contributed by atoms with Crippen LogP contribution < -0.4 is 5.19 Å². The number of hydrogen-bond donors (Lipinski definition) is 0. The largest absolute Gasteiger partial charge is 0.0669 e. The first-order valence-corrected chi connectivity index (χ1v) is 11.8. The molecule has 0 nitrogen and oxygen atoms in total. The number of hydrogen-bond acceptors (Lipinski definition) is 0. The third-order valence-electron chi connectivity index (χ3n) is 4.27. The van der Waals surface area contributed by atoms with E-state index in [9.17, 15) is 0 Å². The molecule has 2 heteroatoms. The van der Waals surface area contributed by atoms with E-state index in [0.29, 0.717) is 0 Å². The molecule has 0 aliphatic heterocycles. The molecule has 112 valence electrons. The maximum absolute atomic E-state index is 2.36. The average molecular weight is 313 g/mol. The molecule has 0 saturated carbocycles. The lowest BCUT2D eigenvalue weighted by molar-refractivity contribution is 0.685. The fourth-order valence-corrected chi connectivity index (χ4v) is 8.78. The van der Waals surface area contributed by atoms with Crippen molar-refractivity contribution in [2.45, 2.75) is 43.8 Å². The van der Waals surface area contributed by atoms with Crippen LogP contribution in [0.1, 0.15) is 38.2 Å². The minimum absolute atomic E-state index is 0.0170. The van der Waals surface area contributed by atoms with E-state index in [1.807, 2.05) is 0 Å². The van der Waals surface area contributed by atoms with Gasteiger partial charge in [-0.3, -0.25) is 0 Å². The van der Waals surface area contributed by atoms with Gasteiger partial charge in [-0.25, -0.2) is 0 Å². The number of unbranched alkanes of at least 4 members (excludes halogenated alkanes) is 2. The second-order valence-corrected chi connectivity index (χ2v) is 11.8. The predicted octanol–water partition coefficient (Wildman–Crippen LogP) is 3.18. The van der Waals surface area contributed by atoms with Gasteiger partial charge in [-0.15, -0.1) is 0 Å². The van der Waals surface area contributed by atoms with E-state index < -0.39 is 0 Å². The summed E-state index contributed by atoms with van der Waals surface area (Å²) in [6, 6.07) is 23.8. The summed E-state index contributed by atoms with van der Waals surface area (Å²) in [6.45, 7) is 2.31. The van der Waals surface area contributed by atoms with Gasteiger partial charge in [0, 0.05) is 9.52 Å². The molecule has 0 fully saturated rings. The molecule has 0 N–H and O–H groups in total. The van der Waals surface area contributed by atoms with Crippen LogP contribution in [0.25, 0.3) is 0 Å². The van der Waals surface area contributed by atoms with Gasteiger partial charge in [0.15, 0.2) is 0 Å². The summed E-state index contributed by atoms with van der Waals surface area (Å²) < 4.78 is 0. The quantitative estimate of drug-likeness (QED) is 0.493. The van der Waals surface area contributed by atoms with E-state index in [2.05, 4.69) is 67.6 Å². The van der Waals surface area contributed by atoms with E-state index in [1.165, 1.54) is 31.7 Å². The van der Waals surface area contributed by atoms with Crippen LogP contribution in [0.15, 0.2) is 60.7 Å². The number of rotatable bonds is 9. The Kier molecular flexibility index (Phi) is 7.54. The lowest BCUT2D eigenvalue weighted by Crippen LogP contribution is -2.24. The average Bonchev–Trinajstić information content (AvgIpc) is 2.54. The predicted molar refractivity (Wildman–Crippen MR) is 101 cm³/mol. The van der Waals surface area contributed by atoms with Gasteiger partial charge in [-0.05, 0) is 6.04 Å². The van der Waals surface area contributed by atoms with Crippen molar-refractivity contribution < 1.29 is 0 Å². The summed E-state index contributed by atoms with van der Waals surface area (Å²) in [4.78, 5) is 0. The van der Waals surface area contributed by atoms with Crippen LogP contribution in [-0.4, -0.2) is 19.0 Å². The summed E-state index contributed by atoms with van der Waals surface area (Å²) in [6.07, 6.45) is 5.70. The van der Waals surface area contributed by atoms with Crippen LogP contribution in [0.2, 0.25) is 5.16 Å². The maximum atomic E-state index is 2.36. The van der Waals surface area contributed by atoms with Crippen molar-refractivity contribution >= 4 is 24.2 Å². The summed E-state index contributed by atoms with van der Waals surface area (Å²) >= 11 is 0. The first-order chi connectivity index (χ1) is 10.4. The SMILES string of the molecule is CCCCCC([SiH2]Cc1ccccc1)[SiH2]c1ccccc1. The van der Waals surface area contributed by atoms with Crippen LogP contribution in [0.4, 0.5) is 0 Å². The Bertz CT molecular complexity index is 481. The zero-order valence-electron chi connectivity index (χ0n) is 13.3. The Balaban J connectivity index is 1.88. The maximum Gasteiger partial charge on any atom is 0.0547 e. The Labute approximate surface area is 134 Å². The monoisotopic (exact) mass is 312 g/mol. The summed E-state index contributed by atoms with van der Waals surface area (Å²) in [5, 5.41) is 2.76. The molecule has 2 rings (SSSR count). The number of benzene rings is 2. The smallest absolute Gasteiger partial charge is 0.0547 e. The summed E-state index contributed by atoms with van der Waals surface area (Å²) in [5.74, 6) is 0. The van der Waals surface area contributed by atoms with Crippen LogP contribution in [0.5, 0.6) is 0 Å². The first-order valence-electron chi connectivity index (χ1n) is 8.46. The normalized spacial score (nSPS) is 13.4. The van der Waals surface area contributed by atoms with Gasteiger partial charge in [0.25, 0.3) is 0 Å². The van der Waals surface area contributed by atoms with E-state index in [4.69, 9.17) is 0 Å². The van der Waals surface area contributed by atoms with Gasteiger partial charge in [0.2, 0.25) is 0 Å². The van der Waals surface area contributed by atoms with Gasteiger partial charge in [0.05, 0.1) is 9.52 Å². The Morgan fingerprint density at radius 3 is 2.19 bits per heavy atom. The molecule has 0 amide bonds. The molecule has 2 aromatic rings. The van der Waals surface area contributed by atoms with Crippen molar-refractivity contribution in [3.05, 3.63) is 66.2 Å². The minimum atomic E-state index is -0.0795. The van der Waals surface area contributed by atoms with Gasteiger partial charge in [-0.2, -0.15) is 0 Å². The van der Waals surface area contributed by atoms with Gasteiger partial charge in [-0.1, -0.05) is 109 Å². The van der Waals surface area contributed by atoms with Crippen molar-refractivity contribution in [1.82, 2.24) is 0 Å². The third kappa shape index (κ3) is 6.45. The molecule has 0 heterocycles. The molecular weight excluding hydrogens is 284 g/mol. The minimum Gasteiger partial charge on any atom is -0.0669 e. The highest BCUT2D eigenvalue weighted by molar-refractivity contribution is 6.67.